The lowest BCUT2D eigenvalue weighted by molar-refractivity contribution is 0.659. The predicted octanol–water partition coefficient (Wildman–Crippen LogP) is 2.06. The Balaban J connectivity index is 2.20. The van der Waals surface area contributed by atoms with Crippen LogP contribution in [0.25, 0.3) is 0 Å². The molecule has 1 aliphatic rings. The zero-order chi connectivity index (χ0) is 11.5. The van der Waals surface area contributed by atoms with Crippen LogP contribution in [-0.2, 0) is 0 Å². The highest BCUT2D eigenvalue weighted by atomic mass is 15.2. The van der Waals surface area contributed by atoms with Crippen LogP contribution < -0.4 is 10.2 Å². The van der Waals surface area contributed by atoms with Crippen molar-refractivity contribution in [2.24, 2.45) is 5.92 Å². The lowest BCUT2D eigenvalue weighted by atomic mass is 10.2. The SMILES string of the molecule is CCNc1nc(C)cc(N2CCC(C)C2)n1. The third kappa shape index (κ3) is 2.43. The molecule has 1 aromatic rings. The normalized spacial score (nSPS) is 20.2. The molecule has 1 N–H and O–H groups in total. The van der Waals surface area contributed by atoms with Gasteiger partial charge < -0.3 is 10.2 Å². The third-order valence-electron chi connectivity index (χ3n) is 2.92. The van der Waals surface area contributed by atoms with Crippen molar-refractivity contribution in [3.63, 3.8) is 0 Å². The van der Waals surface area contributed by atoms with E-state index in [1.807, 2.05) is 6.92 Å². The first-order valence-corrected chi connectivity index (χ1v) is 6.03. The van der Waals surface area contributed by atoms with Gasteiger partial charge >= 0.3 is 0 Å². The molecule has 1 saturated heterocycles. The molecule has 1 aromatic heterocycles. The van der Waals surface area contributed by atoms with Crippen LogP contribution in [0.4, 0.5) is 11.8 Å². The quantitative estimate of drug-likeness (QED) is 0.846. The van der Waals surface area contributed by atoms with Gasteiger partial charge in [-0.25, -0.2) is 4.98 Å². The topological polar surface area (TPSA) is 41.1 Å². The molecule has 88 valence electrons. The van der Waals surface area contributed by atoms with Crippen molar-refractivity contribution in [1.82, 2.24) is 9.97 Å². The number of hydrogen-bond donors (Lipinski definition) is 1. The van der Waals surface area contributed by atoms with Crippen LogP contribution in [0.1, 0.15) is 26.0 Å². The lowest BCUT2D eigenvalue weighted by Gasteiger charge is -2.18. The molecule has 1 fully saturated rings. The van der Waals surface area contributed by atoms with Crippen molar-refractivity contribution in [2.75, 3.05) is 29.9 Å². The molecule has 1 aliphatic heterocycles. The molecule has 0 aliphatic carbocycles. The van der Waals surface area contributed by atoms with E-state index in [0.29, 0.717) is 0 Å². The summed E-state index contributed by atoms with van der Waals surface area (Å²) < 4.78 is 0. The second-order valence-electron chi connectivity index (χ2n) is 4.56. The van der Waals surface area contributed by atoms with E-state index < -0.39 is 0 Å². The highest BCUT2D eigenvalue weighted by Crippen LogP contribution is 2.22. The summed E-state index contributed by atoms with van der Waals surface area (Å²) in [5, 5.41) is 3.17. The van der Waals surface area contributed by atoms with Gasteiger partial charge in [0.1, 0.15) is 5.82 Å². The Morgan fingerprint density at radius 1 is 1.50 bits per heavy atom. The van der Waals surface area contributed by atoms with Gasteiger partial charge in [-0.3, -0.25) is 0 Å². The smallest absolute Gasteiger partial charge is 0.224 e. The van der Waals surface area contributed by atoms with E-state index in [-0.39, 0.29) is 0 Å². The average molecular weight is 220 g/mol. The standard InChI is InChI=1S/C12H20N4/c1-4-13-12-14-10(3)7-11(15-12)16-6-5-9(2)8-16/h7,9H,4-6,8H2,1-3H3,(H,13,14,15). The zero-order valence-corrected chi connectivity index (χ0v) is 10.3. The minimum atomic E-state index is 0.747. The van der Waals surface area contributed by atoms with Crippen LogP contribution in [0.3, 0.4) is 0 Å². The van der Waals surface area contributed by atoms with E-state index in [0.717, 1.165) is 43.0 Å². The van der Waals surface area contributed by atoms with Gasteiger partial charge in [-0.1, -0.05) is 6.92 Å². The van der Waals surface area contributed by atoms with Gasteiger partial charge in [0.25, 0.3) is 0 Å². The molecule has 0 amide bonds. The minimum absolute atomic E-state index is 0.747. The maximum Gasteiger partial charge on any atom is 0.224 e. The van der Waals surface area contributed by atoms with Gasteiger partial charge in [0.2, 0.25) is 5.95 Å². The number of aryl methyl sites for hydroxylation is 1. The largest absolute Gasteiger partial charge is 0.356 e. The van der Waals surface area contributed by atoms with Crippen LogP contribution in [0.15, 0.2) is 6.07 Å². The fourth-order valence-corrected chi connectivity index (χ4v) is 2.09. The summed E-state index contributed by atoms with van der Waals surface area (Å²) in [5.74, 6) is 2.59. The monoisotopic (exact) mass is 220 g/mol. The van der Waals surface area contributed by atoms with Crippen LogP contribution in [0.2, 0.25) is 0 Å². The van der Waals surface area contributed by atoms with Crippen molar-refractivity contribution in [3.8, 4) is 0 Å². The maximum atomic E-state index is 4.54. The number of anilines is 2. The molecule has 4 heteroatoms. The first-order chi connectivity index (χ1) is 7.69. The van der Waals surface area contributed by atoms with E-state index in [4.69, 9.17) is 0 Å². The molecule has 0 aromatic carbocycles. The average Bonchev–Trinajstić information content (AvgIpc) is 2.64. The highest BCUT2D eigenvalue weighted by molar-refractivity contribution is 5.45. The number of nitrogens with one attached hydrogen (secondary N) is 1. The molecule has 16 heavy (non-hydrogen) atoms. The van der Waals surface area contributed by atoms with E-state index in [1.165, 1.54) is 6.42 Å². The Morgan fingerprint density at radius 3 is 2.94 bits per heavy atom. The van der Waals surface area contributed by atoms with Crippen molar-refractivity contribution < 1.29 is 0 Å². The van der Waals surface area contributed by atoms with Gasteiger partial charge in [0.15, 0.2) is 0 Å². The Labute approximate surface area is 97.1 Å². The summed E-state index contributed by atoms with van der Waals surface area (Å²) in [7, 11) is 0. The lowest BCUT2D eigenvalue weighted by Crippen LogP contribution is -2.21. The van der Waals surface area contributed by atoms with E-state index in [1.54, 1.807) is 0 Å². The second kappa shape index (κ2) is 4.68. The summed E-state index contributed by atoms with van der Waals surface area (Å²) in [6, 6.07) is 2.07. The third-order valence-corrected chi connectivity index (χ3v) is 2.92. The molecule has 0 radical (unpaired) electrons. The summed E-state index contributed by atoms with van der Waals surface area (Å²) in [5.41, 5.74) is 1.03. The molecule has 0 saturated carbocycles. The second-order valence-corrected chi connectivity index (χ2v) is 4.56. The number of hydrogen-bond acceptors (Lipinski definition) is 4. The molecular formula is C12H20N4. The molecule has 0 bridgehead atoms. The molecular weight excluding hydrogens is 200 g/mol. The Hall–Kier alpha value is -1.32. The first-order valence-electron chi connectivity index (χ1n) is 6.03. The number of nitrogens with zero attached hydrogens (tertiary/aromatic N) is 3. The maximum absolute atomic E-state index is 4.54. The van der Waals surface area contributed by atoms with Crippen molar-refractivity contribution in [1.29, 1.82) is 0 Å². The fraction of sp³-hybridized carbons (Fsp3) is 0.667. The predicted molar refractivity (Wildman–Crippen MR) is 66.9 cm³/mol. The van der Waals surface area contributed by atoms with Crippen molar-refractivity contribution in [2.45, 2.75) is 27.2 Å². The Morgan fingerprint density at radius 2 is 2.31 bits per heavy atom. The number of aromatic nitrogens is 2. The summed E-state index contributed by atoms with van der Waals surface area (Å²) in [6.45, 7) is 9.46. The van der Waals surface area contributed by atoms with Crippen LogP contribution >= 0.6 is 0 Å². The summed E-state index contributed by atoms with van der Waals surface area (Å²) in [6.07, 6.45) is 1.26. The van der Waals surface area contributed by atoms with Gasteiger partial charge in [0.05, 0.1) is 0 Å². The fourth-order valence-electron chi connectivity index (χ4n) is 2.09. The van der Waals surface area contributed by atoms with Gasteiger partial charge in [0, 0.05) is 31.4 Å². The molecule has 2 heterocycles. The van der Waals surface area contributed by atoms with Crippen molar-refractivity contribution in [3.05, 3.63) is 11.8 Å². The molecule has 1 atom stereocenters. The van der Waals surface area contributed by atoms with E-state index >= 15 is 0 Å². The van der Waals surface area contributed by atoms with Crippen LogP contribution in [-0.4, -0.2) is 29.6 Å². The molecule has 1 unspecified atom stereocenters. The van der Waals surface area contributed by atoms with Gasteiger partial charge in [-0.15, -0.1) is 0 Å². The highest BCUT2D eigenvalue weighted by Gasteiger charge is 2.20. The molecule has 4 nitrogen and oxygen atoms in total. The zero-order valence-electron chi connectivity index (χ0n) is 10.3. The van der Waals surface area contributed by atoms with Gasteiger partial charge in [-0.05, 0) is 26.2 Å². The van der Waals surface area contributed by atoms with Crippen LogP contribution in [0.5, 0.6) is 0 Å². The Bertz CT molecular complexity index is 364. The molecule has 2 rings (SSSR count). The molecule has 0 spiro atoms. The van der Waals surface area contributed by atoms with E-state index in [9.17, 15) is 0 Å². The van der Waals surface area contributed by atoms with Crippen molar-refractivity contribution >= 4 is 11.8 Å². The first kappa shape index (κ1) is 11.2. The number of rotatable bonds is 3. The van der Waals surface area contributed by atoms with Gasteiger partial charge in [-0.2, -0.15) is 4.98 Å². The summed E-state index contributed by atoms with van der Waals surface area (Å²) in [4.78, 5) is 11.3. The summed E-state index contributed by atoms with van der Waals surface area (Å²) >= 11 is 0. The minimum Gasteiger partial charge on any atom is -0.356 e. The van der Waals surface area contributed by atoms with E-state index in [2.05, 4.69) is 40.1 Å². The Kier molecular flexibility index (Phi) is 3.27. The van der Waals surface area contributed by atoms with Crippen LogP contribution in [0, 0.1) is 12.8 Å².